The number of fused-ring (bicyclic) bond motifs is 1. The van der Waals surface area contributed by atoms with Crippen molar-refractivity contribution in [3.05, 3.63) is 78.1 Å². The highest BCUT2D eigenvalue weighted by Crippen LogP contribution is 2.22. The molecular weight excluding hydrogens is 303 g/mol. The lowest BCUT2D eigenvalue weighted by Crippen LogP contribution is -3.08. The third kappa shape index (κ3) is 3.78. The Morgan fingerprint density at radius 3 is 2.54 bits per heavy atom. The molecule has 0 heterocycles. The maximum absolute atomic E-state index is 13.7. The molecule has 0 aliphatic rings. The normalized spacial score (nSPS) is 12.1. The number of amides is 1. The molecule has 0 aliphatic heterocycles. The summed E-state index contributed by atoms with van der Waals surface area (Å²) in [6.07, 6.45) is 0. The zero-order valence-electron chi connectivity index (χ0n) is 13.6. The number of halogens is 1. The monoisotopic (exact) mass is 323 g/mol. The van der Waals surface area contributed by atoms with E-state index in [1.54, 1.807) is 12.1 Å². The van der Waals surface area contributed by atoms with E-state index in [0.717, 1.165) is 21.4 Å². The van der Waals surface area contributed by atoms with Crippen LogP contribution in [-0.2, 0) is 11.3 Å². The molecule has 122 valence electrons. The highest BCUT2D eigenvalue weighted by atomic mass is 19.1. The Kier molecular flexibility index (Phi) is 4.87. The molecule has 24 heavy (non-hydrogen) atoms. The van der Waals surface area contributed by atoms with E-state index in [9.17, 15) is 9.18 Å². The van der Waals surface area contributed by atoms with Gasteiger partial charge < -0.3 is 10.2 Å². The second kappa shape index (κ2) is 7.23. The minimum atomic E-state index is -0.230. The fraction of sp³-hybridized carbons (Fsp3) is 0.150. The summed E-state index contributed by atoms with van der Waals surface area (Å²) in [5.74, 6) is -0.313. The molecule has 1 amide bonds. The number of benzene rings is 3. The van der Waals surface area contributed by atoms with E-state index in [-0.39, 0.29) is 18.3 Å². The minimum absolute atomic E-state index is 0.0832. The molecule has 1 atom stereocenters. The minimum Gasteiger partial charge on any atom is -0.326 e. The van der Waals surface area contributed by atoms with Crippen LogP contribution in [-0.4, -0.2) is 19.5 Å². The lowest BCUT2D eigenvalue weighted by Gasteiger charge is -2.15. The van der Waals surface area contributed by atoms with Crippen LogP contribution in [0.4, 0.5) is 10.1 Å². The van der Waals surface area contributed by atoms with Gasteiger partial charge in [-0.05, 0) is 17.5 Å². The van der Waals surface area contributed by atoms with Crippen molar-refractivity contribution in [3.8, 4) is 0 Å². The van der Waals surface area contributed by atoms with Crippen LogP contribution in [0.2, 0.25) is 0 Å². The van der Waals surface area contributed by atoms with E-state index < -0.39 is 0 Å². The first-order valence-electron chi connectivity index (χ1n) is 7.96. The lowest BCUT2D eigenvalue weighted by molar-refractivity contribution is -0.885. The molecule has 1 unspecified atom stereocenters. The summed E-state index contributed by atoms with van der Waals surface area (Å²) in [6.45, 7) is 0.743. The maximum atomic E-state index is 13.7. The SMILES string of the molecule is C[NH+](CC(=O)Nc1cccc2ccccc12)Cc1ccccc1F. The van der Waals surface area contributed by atoms with Crippen molar-refractivity contribution in [2.24, 2.45) is 0 Å². The first kappa shape index (κ1) is 16.1. The molecule has 3 rings (SSSR count). The predicted molar refractivity (Wildman–Crippen MR) is 94.4 cm³/mol. The van der Waals surface area contributed by atoms with Crippen LogP contribution >= 0.6 is 0 Å². The molecule has 0 fully saturated rings. The summed E-state index contributed by atoms with van der Waals surface area (Å²) in [7, 11) is 1.88. The summed E-state index contributed by atoms with van der Waals surface area (Å²) in [5.41, 5.74) is 1.42. The van der Waals surface area contributed by atoms with E-state index in [1.165, 1.54) is 6.07 Å². The molecule has 0 bridgehead atoms. The van der Waals surface area contributed by atoms with Gasteiger partial charge in [0, 0.05) is 16.6 Å². The van der Waals surface area contributed by atoms with Crippen molar-refractivity contribution in [1.82, 2.24) is 0 Å². The second-order valence-corrected chi connectivity index (χ2v) is 5.98. The molecule has 0 aliphatic carbocycles. The standard InChI is InChI=1S/C20H19FN2O/c1-23(13-16-8-3-5-11-18(16)21)14-20(24)22-19-12-6-9-15-7-2-4-10-17(15)19/h2-12H,13-14H2,1H3,(H,22,24)/p+1. The molecule has 3 aromatic carbocycles. The average Bonchev–Trinajstić information content (AvgIpc) is 2.57. The smallest absolute Gasteiger partial charge is 0.279 e. The number of nitrogens with one attached hydrogen (secondary N) is 2. The topological polar surface area (TPSA) is 33.5 Å². The van der Waals surface area contributed by atoms with E-state index in [0.29, 0.717) is 12.1 Å². The van der Waals surface area contributed by atoms with Crippen molar-refractivity contribution < 1.29 is 14.1 Å². The molecule has 3 aromatic rings. The van der Waals surface area contributed by atoms with Crippen molar-refractivity contribution in [2.45, 2.75) is 6.54 Å². The number of likely N-dealkylation sites (N-methyl/N-ethyl adjacent to an activating group) is 1. The highest BCUT2D eigenvalue weighted by Gasteiger charge is 2.13. The largest absolute Gasteiger partial charge is 0.326 e. The third-order valence-electron chi connectivity index (χ3n) is 3.98. The fourth-order valence-electron chi connectivity index (χ4n) is 2.83. The van der Waals surface area contributed by atoms with E-state index >= 15 is 0 Å². The summed E-state index contributed by atoms with van der Waals surface area (Å²) in [4.78, 5) is 13.2. The molecule has 0 aromatic heterocycles. The fourth-order valence-corrected chi connectivity index (χ4v) is 2.83. The first-order valence-corrected chi connectivity index (χ1v) is 7.96. The molecule has 3 nitrogen and oxygen atoms in total. The van der Waals surface area contributed by atoms with Gasteiger partial charge >= 0.3 is 0 Å². The van der Waals surface area contributed by atoms with Crippen LogP contribution in [0.25, 0.3) is 10.8 Å². The van der Waals surface area contributed by atoms with Gasteiger partial charge in [0.25, 0.3) is 5.91 Å². The lowest BCUT2D eigenvalue weighted by atomic mass is 10.1. The second-order valence-electron chi connectivity index (χ2n) is 5.98. The van der Waals surface area contributed by atoms with Gasteiger partial charge in [0.2, 0.25) is 0 Å². The molecule has 0 saturated carbocycles. The Morgan fingerprint density at radius 2 is 1.71 bits per heavy atom. The van der Waals surface area contributed by atoms with Crippen LogP contribution in [0.5, 0.6) is 0 Å². The van der Waals surface area contributed by atoms with E-state index in [1.807, 2.05) is 55.6 Å². The van der Waals surface area contributed by atoms with Crippen molar-refractivity contribution in [3.63, 3.8) is 0 Å². The summed E-state index contributed by atoms with van der Waals surface area (Å²) < 4.78 is 13.7. The van der Waals surface area contributed by atoms with Crippen LogP contribution in [0.15, 0.2) is 66.7 Å². The number of rotatable bonds is 5. The van der Waals surface area contributed by atoms with Crippen LogP contribution in [0.3, 0.4) is 0 Å². The van der Waals surface area contributed by atoms with Gasteiger partial charge in [-0.2, -0.15) is 0 Å². The third-order valence-corrected chi connectivity index (χ3v) is 3.98. The van der Waals surface area contributed by atoms with Crippen LogP contribution in [0, 0.1) is 5.82 Å². The van der Waals surface area contributed by atoms with Gasteiger partial charge in [0.1, 0.15) is 12.4 Å². The molecule has 0 spiro atoms. The Morgan fingerprint density at radius 1 is 1.00 bits per heavy atom. The Bertz CT molecular complexity index is 858. The average molecular weight is 323 g/mol. The molecule has 0 radical (unpaired) electrons. The first-order chi connectivity index (χ1) is 11.6. The van der Waals surface area contributed by atoms with Gasteiger partial charge in [-0.25, -0.2) is 4.39 Å². The number of hydrogen-bond acceptors (Lipinski definition) is 1. The van der Waals surface area contributed by atoms with Gasteiger partial charge in [-0.15, -0.1) is 0 Å². The van der Waals surface area contributed by atoms with Crippen molar-refractivity contribution >= 4 is 22.4 Å². The highest BCUT2D eigenvalue weighted by molar-refractivity contribution is 6.02. The molecular formula is C20H20FN2O+. The predicted octanol–water partition coefficient (Wildman–Crippen LogP) is 2.63. The van der Waals surface area contributed by atoms with Crippen molar-refractivity contribution in [2.75, 3.05) is 18.9 Å². The summed E-state index contributed by atoms with van der Waals surface area (Å²) >= 11 is 0. The van der Waals surface area contributed by atoms with Crippen molar-refractivity contribution in [1.29, 1.82) is 0 Å². The van der Waals surface area contributed by atoms with Crippen LogP contribution < -0.4 is 10.2 Å². The van der Waals surface area contributed by atoms with Gasteiger partial charge in [0.05, 0.1) is 7.05 Å². The zero-order chi connectivity index (χ0) is 16.9. The van der Waals surface area contributed by atoms with Gasteiger partial charge in [-0.3, -0.25) is 4.79 Å². The maximum Gasteiger partial charge on any atom is 0.279 e. The molecule has 0 saturated heterocycles. The number of carbonyl (C=O) groups excluding carboxylic acids is 1. The van der Waals surface area contributed by atoms with E-state index in [2.05, 4.69) is 5.32 Å². The number of anilines is 1. The Labute approximate surface area is 140 Å². The zero-order valence-corrected chi connectivity index (χ0v) is 13.6. The summed E-state index contributed by atoms with van der Waals surface area (Å²) in [6, 6.07) is 20.4. The number of hydrogen-bond donors (Lipinski definition) is 2. The molecule has 2 N–H and O–H groups in total. The number of carbonyl (C=O) groups is 1. The Hall–Kier alpha value is -2.72. The quantitative estimate of drug-likeness (QED) is 0.743. The van der Waals surface area contributed by atoms with Gasteiger partial charge in [-0.1, -0.05) is 54.6 Å². The van der Waals surface area contributed by atoms with Crippen LogP contribution in [0.1, 0.15) is 5.56 Å². The van der Waals surface area contributed by atoms with Gasteiger partial charge in [0.15, 0.2) is 6.54 Å². The van der Waals surface area contributed by atoms with E-state index in [4.69, 9.17) is 0 Å². The number of quaternary nitrogens is 1. The molecule has 4 heteroatoms. The Balaban J connectivity index is 1.66. The summed E-state index contributed by atoms with van der Waals surface area (Å²) in [5, 5.41) is 5.06.